The lowest BCUT2D eigenvalue weighted by Crippen LogP contribution is -2.44. The molecule has 3 N–H and O–H groups in total. The van der Waals surface area contributed by atoms with Crippen molar-refractivity contribution in [2.45, 2.75) is 11.8 Å². The Morgan fingerprint density at radius 3 is 2.43 bits per heavy atom. The molecule has 1 aromatic heterocycles. The molecule has 2 rings (SSSR count). The van der Waals surface area contributed by atoms with Gasteiger partial charge >= 0.3 is 6.18 Å². The topological polar surface area (TPSA) is 59.4 Å². The molecule has 0 bridgehead atoms. The molecule has 0 saturated heterocycles. The van der Waals surface area contributed by atoms with Crippen LogP contribution in [0.2, 0.25) is 5.02 Å². The van der Waals surface area contributed by atoms with Crippen LogP contribution in [0.3, 0.4) is 0 Å². The Morgan fingerprint density at radius 1 is 1.29 bits per heavy atom. The average Bonchev–Trinajstić information content (AvgIpc) is 2.93. The van der Waals surface area contributed by atoms with E-state index in [9.17, 15) is 18.3 Å². The van der Waals surface area contributed by atoms with Gasteiger partial charge in [0.05, 0.1) is 6.26 Å². The summed E-state index contributed by atoms with van der Waals surface area (Å²) in [4.78, 5) is 0. The first kappa shape index (κ1) is 15.5. The van der Waals surface area contributed by atoms with Gasteiger partial charge in [0.25, 0.3) is 0 Å². The van der Waals surface area contributed by atoms with Gasteiger partial charge in [-0.25, -0.2) is 0 Å². The first-order chi connectivity index (χ1) is 9.73. The van der Waals surface area contributed by atoms with Crippen LogP contribution in [0.15, 0.2) is 41.5 Å². The Labute approximate surface area is 123 Å². The molecule has 0 radical (unpaired) electrons. The van der Waals surface area contributed by atoms with Gasteiger partial charge in [-0.2, -0.15) is 13.2 Å². The third-order valence-electron chi connectivity index (χ3n) is 3.08. The lowest BCUT2D eigenvalue weighted by atomic mass is 9.85. The van der Waals surface area contributed by atoms with Crippen LogP contribution in [0, 0.1) is 0 Å². The predicted molar refractivity (Wildman–Crippen MR) is 73.7 cm³/mol. The number of halogens is 4. The summed E-state index contributed by atoms with van der Waals surface area (Å²) in [6, 6.07) is 4.77. The molecule has 2 aromatic rings. The smallest absolute Gasteiger partial charge is 0.429 e. The lowest BCUT2D eigenvalue weighted by Gasteiger charge is -2.31. The van der Waals surface area contributed by atoms with Crippen molar-refractivity contribution in [3.8, 4) is 0 Å². The molecule has 0 saturated carbocycles. The molecule has 0 amide bonds. The number of nitrogen functional groups attached to an aromatic ring is 1. The quantitative estimate of drug-likeness (QED) is 0.842. The van der Waals surface area contributed by atoms with E-state index in [0.29, 0.717) is 0 Å². The summed E-state index contributed by atoms with van der Waals surface area (Å²) in [5.41, 5.74) is 1.24. The van der Waals surface area contributed by atoms with E-state index in [0.717, 1.165) is 18.4 Å². The van der Waals surface area contributed by atoms with Crippen molar-refractivity contribution in [3.05, 3.63) is 59.0 Å². The van der Waals surface area contributed by atoms with E-state index in [1.54, 1.807) is 0 Å². The van der Waals surface area contributed by atoms with Gasteiger partial charge in [0.2, 0.25) is 5.60 Å². The summed E-state index contributed by atoms with van der Waals surface area (Å²) in [5, 5.41) is 10.4. The van der Waals surface area contributed by atoms with Crippen molar-refractivity contribution in [2.24, 2.45) is 0 Å². The zero-order valence-electron chi connectivity index (χ0n) is 10.6. The van der Waals surface area contributed by atoms with Gasteiger partial charge in [0, 0.05) is 21.8 Å². The maximum absolute atomic E-state index is 13.5. The molecule has 1 heterocycles. The Bertz CT molecular complexity index is 668. The molecule has 0 spiro atoms. The molecule has 1 aromatic carbocycles. The molecule has 1 atom stereocenters. The van der Waals surface area contributed by atoms with Gasteiger partial charge in [-0.3, -0.25) is 0 Å². The Morgan fingerprint density at radius 2 is 1.95 bits per heavy atom. The number of benzene rings is 1. The van der Waals surface area contributed by atoms with Gasteiger partial charge in [-0.15, -0.1) is 0 Å². The maximum Gasteiger partial charge on any atom is 0.429 e. The predicted octanol–water partition coefficient (Wildman–Crippen LogP) is 3.96. The second-order valence-corrected chi connectivity index (χ2v) is 4.72. The molecular weight excluding hydrogens is 307 g/mol. The van der Waals surface area contributed by atoms with Gasteiger partial charge < -0.3 is 15.3 Å². The fraction of sp³-hybridized carbons (Fsp3) is 0.143. The highest BCUT2D eigenvalue weighted by Crippen LogP contribution is 2.48. The van der Waals surface area contributed by atoms with Crippen LogP contribution in [-0.4, -0.2) is 11.3 Å². The Balaban J connectivity index is 2.88. The largest absolute Gasteiger partial charge is 0.466 e. The zero-order valence-corrected chi connectivity index (χ0v) is 11.4. The molecule has 0 aliphatic carbocycles. The number of rotatable bonds is 3. The second kappa shape index (κ2) is 5.13. The standard InChI is InChI=1S/C14H11ClF3NO2/c1-2-8-9(15)5-6-10(19)12(8)13(20,14(16,17)18)11-4-3-7-21-11/h2-7,20H,1,19H2. The van der Waals surface area contributed by atoms with Crippen LogP contribution >= 0.6 is 11.6 Å². The van der Waals surface area contributed by atoms with Crippen molar-refractivity contribution in [3.63, 3.8) is 0 Å². The number of furan rings is 1. The summed E-state index contributed by atoms with van der Waals surface area (Å²) in [5.74, 6) is -0.702. The SMILES string of the molecule is C=Cc1c(Cl)ccc(N)c1C(O)(c1ccco1)C(F)(F)F. The lowest BCUT2D eigenvalue weighted by molar-refractivity contribution is -0.253. The molecule has 7 heteroatoms. The molecule has 112 valence electrons. The first-order valence-corrected chi connectivity index (χ1v) is 6.15. The van der Waals surface area contributed by atoms with Crippen LogP contribution in [0.4, 0.5) is 18.9 Å². The highest BCUT2D eigenvalue weighted by atomic mass is 35.5. The molecule has 0 fully saturated rings. The molecule has 0 aliphatic rings. The first-order valence-electron chi connectivity index (χ1n) is 5.77. The van der Waals surface area contributed by atoms with Crippen LogP contribution in [-0.2, 0) is 5.60 Å². The van der Waals surface area contributed by atoms with E-state index >= 15 is 0 Å². The fourth-order valence-electron chi connectivity index (χ4n) is 2.10. The zero-order chi connectivity index (χ0) is 15.8. The average molecular weight is 318 g/mol. The summed E-state index contributed by atoms with van der Waals surface area (Å²) in [6.45, 7) is 3.42. The molecule has 1 unspecified atom stereocenters. The maximum atomic E-state index is 13.5. The molecule has 3 nitrogen and oxygen atoms in total. The normalized spacial score (nSPS) is 14.7. The van der Waals surface area contributed by atoms with Gasteiger partial charge in [0.15, 0.2) is 0 Å². The van der Waals surface area contributed by atoms with E-state index < -0.39 is 23.1 Å². The van der Waals surface area contributed by atoms with Crippen molar-refractivity contribution in [2.75, 3.05) is 5.73 Å². The second-order valence-electron chi connectivity index (χ2n) is 4.31. The number of alkyl halides is 3. The number of nitrogens with two attached hydrogens (primary N) is 1. The van der Waals surface area contributed by atoms with Crippen molar-refractivity contribution in [1.29, 1.82) is 0 Å². The Kier molecular flexibility index (Phi) is 3.78. The van der Waals surface area contributed by atoms with E-state index in [1.165, 1.54) is 18.2 Å². The molecule has 21 heavy (non-hydrogen) atoms. The Hall–Kier alpha value is -1.92. The summed E-state index contributed by atoms with van der Waals surface area (Å²) in [7, 11) is 0. The van der Waals surface area contributed by atoms with Crippen LogP contribution < -0.4 is 5.73 Å². The van der Waals surface area contributed by atoms with E-state index in [4.69, 9.17) is 21.8 Å². The van der Waals surface area contributed by atoms with E-state index in [2.05, 4.69) is 6.58 Å². The number of hydrogen-bond donors (Lipinski definition) is 2. The highest BCUT2D eigenvalue weighted by molar-refractivity contribution is 6.32. The van der Waals surface area contributed by atoms with Crippen molar-refractivity contribution < 1.29 is 22.7 Å². The number of anilines is 1. The monoisotopic (exact) mass is 317 g/mol. The van der Waals surface area contributed by atoms with Crippen molar-refractivity contribution >= 4 is 23.4 Å². The van der Waals surface area contributed by atoms with E-state index in [-0.39, 0.29) is 16.3 Å². The minimum Gasteiger partial charge on any atom is -0.466 e. The van der Waals surface area contributed by atoms with Crippen LogP contribution in [0.1, 0.15) is 16.9 Å². The minimum atomic E-state index is -5.07. The van der Waals surface area contributed by atoms with Gasteiger partial charge in [0.1, 0.15) is 5.76 Å². The molecular formula is C14H11ClF3NO2. The summed E-state index contributed by atoms with van der Waals surface area (Å²) in [6.07, 6.45) is -2.94. The third kappa shape index (κ3) is 2.30. The number of hydrogen-bond acceptors (Lipinski definition) is 3. The third-order valence-corrected chi connectivity index (χ3v) is 3.41. The van der Waals surface area contributed by atoms with Gasteiger partial charge in [-0.05, 0) is 24.3 Å². The number of aliphatic hydroxyl groups is 1. The van der Waals surface area contributed by atoms with Crippen LogP contribution in [0.5, 0.6) is 0 Å². The van der Waals surface area contributed by atoms with E-state index in [1.807, 2.05) is 0 Å². The summed E-state index contributed by atoms with van der Waals surface area (Å²) < 4.78 is 45.4. The van der Waals surface area contributed by atoms with Crippen molar-refractivity contribution in [1.82, 2.24) is 0 Å². The fourth-order valence-corrected chi connectivity index (χ4v) is 2.34. The molecule has 0 aliphatic heterocycles. The van der Waals surface area contributed by atoms with Gasteiger partial charge in [-0.1, -0.05) is 24.3 Å². The highest BCUT2D eigenvalue weighted by Gasteiger charge is 2.60. The summed E-state index contributed by atoms with van der Waals surface area (Å²) >= 11 is 5.88. The van der Waals surface area contributed by atoms with Crippen LogP contribution in [0.25, 0.3) is 6.08 Å². The minimum absolute atomic E-state index is 0.0107.